The fourth-order valence-corrected chi connectivity index (χ4v) is 1.86. The molecule has 0 radical (unpaired) electrons. The number of hydrogen-bond donors (Lipinski definition) is 0. The van der Waals surface area contributed by atoms with Crippen LogP contribution in [-0.4, -0.2) is 12.5 Å². The van der Waals surface area contributed by atoms with E-state index >= 15 is 0 Å². The van der Waals surface area contributed by atoms with Gasteiger partial charge >= 0.3 is 0 Å². The number of carbonyl (C=O) groups excluding carboxylic acids is 1. The van der Waals surface area contributed by atoms with E-state index in [0.29, 0.717) is 12.2 Å². The molecular formula is C13H9FN2O. The van der Waals surface area contributed by atoms with Crippen molar-refractivity contribution < 1.29 is 9.18 Å². The third kappa shape index (κ3) is 2.11. The fraction of sp³-hybridized carbons (Fsp3) is 0.231. The van der Waals surface area contributed by atoms with E-state index in [1.165, 1.54) is 17.0 Å². The Morgan fingerprint density at radius 1 is 1.47 bits per heavy atom. The number of hydrogen-bond acceptors (Lipinski definition) is 2. The number of nitriles is 1. The van der Waals surface area contributed by atoms with Crippen molar-refractivity contribution in [2.75, 3.05) is 11.4 Å². The highest BCUT2D eigenvalue weighted by Crippen LogP contribution is 2.26. The first-order valence-electron chi connectivity index (χ1n) is 5.11. The lowest BCUT2D eigenvalue weighted by Gasteiger charge is -2.16. The van der Waals surface area contributed by atoms with Crippen molar-refractivity contribution in [2.24, 2.45) is 5.92 Å². The lowest BCUT2D eigenvalue weighted by molar-refractivity contribution is -0.117. The van der Waals surface area contributed by atoms with Crippen LogP contribution in [0.3, 0.4) is 0 Å². The molecule has 1 unspecified atom stereocenters. The van der Waals surface area contributed by atoms with Crippen molar-refractivity contribution in [3.63, 3.8) is 0 Å². The summed E-state index contributed by atoms with van der Waals surface area (Å²) in [5, 5.41) is 8.74. The summed E-state index contributed by atoms with van der Waals surface area (Å²) in [5.41, 5.74) is 0.584. The number of nitrogens with zero attached hydrogens (tertiary/aromatic N) is 2. The average molecular weight is 228 g/mol. The predicted octanol–water partition coefficient (Wildman–Crippen LogP) is 1.68. The molecule has 1 saturated heterocycles. The molecule has 1 atom stereocenters. The maximum Gasteiger partial charge on any atom is 0.228 e. The lowest BCUT2D eigenvalue weighted by Crippen LogP contribution is -2.24. The van der Waals surface area contributed by atoms with Gasteiger partial charge < -0.3 is 4.90 Å². The van der Waals surface area contributed by atoms with E-state index in [1.54, 1.807) is 0 Å². The maximum atomic E-state index is 13.2. The molecule has 1 heterocycles. The van der Waals surface area contributed by atoms with Gasteiger partial charge in [0, 0.05) is 24.6 Å². The van der Waals surface area contributed by atoms with Gasteiger partial charge in [0.05, 0.1) is 11.6 Å². The minimum Gasteiger partial charge on any atom is -0.311 e. The normalized spacial score (nSPS) is 18.9. The molecule has 0 aromatic heterocycles. The minimum absolute atomic E-state index is 0.137. The Balaban J connectivity index is 2.36. The Labute approximate surface area is 98.5 Å². The first kappa shape index (κ1) is 11.2. The predicted molar refractivity (Wildman–Crippen MR) is 60.4 cm³/mol. The Bertz CT molecular complexity index is 554. The number of anilines is 1. The van der Waals surface area contributed by atoms with Crippen LogP contribution in [0.4, 0.5) is 10.1 Å². The van der Waals surface area contributed by atoms with Crippen LogP contribution >= 0.6 is 0 Å². The van der Waals surface area contributed by atoms with Crippen molar-refractivity contribution in [1.82, 2.24) is 0 Å². The second-order valence-electron chi connectivity index (χ2n) is 3.88. The second-order valence-corrected chi connectivity index (χ2v) is 3.88. The molecule has 0 aliphatic carbocycles. The zero-order chi connectivity index (χ0) is 12.4. The quantitative estimate of drug-likeness (QED) is 0.686. The molecule has 1 amide bonds. The van der Waals surface area contributed by atoms with Crippen molar-refractivity contribution in [3.8, 4) is 18.4 Å². The Hall–Kier alpha value is -2.33. The van der Waals surface area contributed by atoms with Gasteiger partial charge in [-0.3, -0.25) is 4.79 Å². The SMILES string of the molecule is C#CC1CC(=O)N(c2cc(F)cc(C#N)c2)C1. The molecule has 1 aromatic carbocycles. The monoisotopic (exact) mass is 228 g/mol. The van der Waals surface area contributed by atoms with Crippen molar-refractivity contribution in [2.45, 2.75) is 6.42 Å². The second kappa shape index (κ2) is 4.27. The molecule has 0 spiro atoms. The van der Waals surface area contributed by atoms with Crippen LogP contribution < -0.4 is 4.90 Å². The van der Waals surface area contributed by atoms with Gasteiger partial charge in [0.15, 0.2) is 0 Å². The van der Waals surface area contributed by atoms with Crippen molar-refractivity contribution in [3.05, 3.63) is 29.6 Å². The van der Waals surface area contributed by atoms with Crippen LogP contribution in [0.15, 0.2) is 18.2 Å². The van der Waals surface area contributed by atoms with Gasteiger partial charge in [-0.15, -0.1) is 12.3 Å². The molecule has 0 saturated carbocycles. The van der Waals surface area contributed by atoms with E-state index in [4.69, 9.17) is 11.7 Å². The van der Waals surface area contributed by atoms with Crippen LogP contribution in [-0.2, 0) is 4.79 Å². The fourth-order valence-electron chi connectivity index (χ4n) is 1.86. The summed E-state index contributed by atoms with van der Waals surface area (Å²) >= 11 is 0. The summed E-state index contributed by atoms with van der Waals surface area (Å²) in [6.45, 7) is 0.379. The highest BCUT2D eigenvalue weighted by atomic mass is 19.1. The smallest absolute Gasteiger partial charge is 0.228 e. The molecule has 0 N–H and O–H groups in total. The average Bonchev–Trinajstić information content (AvgIpc) is 2.69. The summed E-state index contributed by atoms with van der Waals surface area (Å²) in [6, 6.07) is 5.70. The number of terminal acetylenes is 1. The van der Waals surface area contributed by atoms with Gasteiger partial charge in [-0.25, -0.2) is 4.39 Å². The molecule has 84 valence electrons. The van der Waals surface area contributed by atoms with Crippen LogP contribution in [0, 0.1) is 35.4 Å². The summed E-state index contributed by atoms with van der Waals surface area (Å²) in [6.07, 6.45) is 5.54. The number of rotatable bonds is 1. The number of benzene rings is 1. The third-order valence-electron chi connectivity index (χ3n) is 2.68. The molecule has 2 rings (SSSR count). The molecule has 1 aromatic rings. The first-order chi connectivity index (χ1) is 8.13. The Kier molecular flexibility index (Phi) is 2.80. The summed E-state index contributed by atoms with van der Waals surface area (Å²) in [7, 11) is 0. The van der Waals surface area contributed by atoms with E-state index in [9.17, 15) is 9.18 Å². The van der Waals surface area contributed by atoms with E-state index in [2.05, 4.69) is 5.92 Å². The van der Waals surface area contributed by atoms with Crippen molar-refractivity contribution in [1.29, 1.82) is 5.26 Å². The molecule has 0 bridgehead atoms. The summed E-state index contributed by atoms with van der Waals surface area (Å²) in [5.74, 6) is 1.71. The summed E-state index contributed by atoms with van der Waals surface area (Å²) < 4.78 is 13.2. The van der Waals surface area contributed by atoms with Gasteiger partial charge in [0.2, 0.25) is 5.91 Å². The van der Waals surface area contributed by atoms with Gasteiger partial charge in [0.1, 0.15) is 5.82 Å². The Morgan fingerprint density at radius 2 is 2.24 bits per heavy atom. The van der Waals surface area contributed by atoms with Crippen LogP contribution in [0.1, 0.15) is 12.0 Å². The first-order valence-corrected chi connectivity index (χ1v) is 5.11. The standard InChI is InChI=1S/C13H9FN2O/c1-2-9-5-13(17)16(8-9)12-4-10(7-15)3-11(14)6-12/h1,3-4,6,9H,5,8H2. The van der Waals surface area contributed by atoms with Crippen LogP contribution in [0.25, 0.3) is 0 Å². The van der Waals surface area contributed by atoms with Gasteiger partial charge in [-0.05, 0) is 18.2 Å². The maximum absolute atomic E-state index is 13.2. The third-order valence-corrected chi connectivity index (χ3v) is 2.68. The largest absolute Gasteiger partial charge is 0.311 e. The van der Waals surface area contributed by atoms with Gasteiger partial charge in [0.25, 0.3) is 0 Å². The van der Waals surface area contributed by atoms with Gasteiger partial charge in [-0.1, -0.05) is 0 Å². The van der Waals surface area contributed by atoms with E-state index in [-0.39, 0.29) is 23.8 Å². The topological polar surface area (TPSA) is 44.1 Å². The number of amides is 1. The van der Waals surface area contributed by atoms with Crippen LogP contribution in [0.2, 0.25) is 0 Å². The number of carbonyl (C=O) groups is 1. The zero-order valence-electron chi connectivity index (χ0n) is 8.98. The van der Waals surface area contributed by atoms with Gasteiger partial charge in [-0.2, -0.15) is 5.26 Å². The van der Waals surface area contributed by atoms with Crippen molar-refractivity contribution >= 4 is 11.6 Å². The van der Waals surface area contributed by atoms with E-state index in [1.807, 2.05) is 6.07 Å². The highest BCUT2D eigenvalue weighted by molar-refractivity contribution is 5.96. The van der Waals surface area contributed by atoms with Crippen LogP contribution in [0.5, 0.6) is 0 Å². The molecule has 3 nitrogen and oxygen atoms in total. The van der Waals surface area contributed by atoms with E-state index < -0.39 is 5.82 Å². The summed E-state index contributed by atoms with van der Waals surface area (Å²) in [4.78, 5) is 13.1. The molecular weight excluding hydrogens is 219 g/mol. The molecule has 1 aliphatic rings. The zero-order valence-corrected chi connectivity index (χ0v) is 8.98. The highest BCUT2D eigenvalue weighted by Gasteiger charge is 2.29. The van der Waals surface area contributed by atoms with E-state index in [0.717, 1.165) is 6.07 Å². The molecule has 17 heavy (non-hydrogen) atoms. The lowest BCUT2D eigenvalue weighted by atomic mass is 10.1. The molecule has 1 aliphatic heterocycles. The molecule has 1 fully saturated rings. The number of halogens is 1. The Morgan fingerprint density at radius 3 is 2.82 bits per heavy atom. The molecule has 4 heteroatoms. The minimum atomic E-state index is -0.531.